The summed E-state index contributed by atoms with van der Waals surface area (Å²) in [7, 11) is 2.20. The Morgan fingerprint density at radius 2 is 1.88 bits per heavy atom. The Morgan fingerprint density at radius 3 is 2.68 bits per heavy atom. The van der Waals surface area contributed by atoms with Gasteiger partial charge in [-0.05, 0) is 62.2 Å². The Hall–Kier alpha value is -2.13. The van der Waals surface area contributed by atoms with Gasteiger partial charge in [-0.1, -0.05) is 23.8 Å². The SMILES string of the molecule is Cc1ccc2c(c1)c1c(n2CCCc2ccc(F)cc2)CCN(C)C1. The van der Waals surface area contributed by atoms with Crippen LogP contribution in [0.15, 0.2) is 42.5 Å². The Bertz CT molecular complexity index is 893. The van der Waals surface area contributed by atoms with Gasteiger partial charge in [0, 0.05) is 42.7 Å². The van der Waals surface area contributed by atoms with Gasteiger partial charge in [-0.25, -0.2) is 4.39 Å². The minimum Gasteiger partial charge on any atom is -0.344 e. The fourth-order valence-corrected chi connectivity index (χ4v) is 4.05. The molecule has 0 spiro atoms. The molecule has 1 aromatic heterocycles. The minimum absolute atomic E-state index is 0.159. The zero-order valence-corrected chi connectivity index (χ0v) is 15.1. The molecule has 0 unspecified atom stereocenters. The summed E-state index contributed by atoms with van der Waals surface area (Å²) in [5, 5.41) is 1.42. The second kappa shape index (κ2) is 6.64. The number of nitrogens with zero attached hydrogens (tertiary/aromatic N) is 2. The van der Waals surface area contributed by atoms with E-state index in [2.05, 4.69) is 41.6 Å². The van der Waals surface area contributed by atoms with Gasteiger partial charge in [-0.2, -0.15) is 0 Å². The molecule has 2 heterocycles. The largest absolute Gasteiger partial charge is 0.344 e. The Balaban J connectivity index is 1.61. The first kappa shape index (κ1) is 16.3. The van der Waals surface area contributed by atoms with Crippen LogP contribution in [0.4, 0.5) is 4.39 Å². The van der Waals surface area contributed by atoms with Crippen LogP contribution in [0.2, 0.25) is 0 Å². The van der Waals surface area contributed by atoms with Crippen molar-refractivity contribution in [3.63, 3.8) is 0 Å². The number of likely N-dealkylation sites (N-methyl/N-ethyl adjacent to an activating group) is 1. The van der Waals surface area contributed by atoms with Gasteiger partial charge in [0.1, 0.15) is 5.82 Å². The van der Waals surface area contributed by atoms with E-state index in [1.165, 1.54) is 33.3 Å². The van der Waals surface area contributed by atoms with Gasteiger partial charge in [-0.15, -0.1) is 0 Å². The topological polar surface area (TPSA) is 8.17 Å². The summed E-state index contributed by atoms with van der Waals surface area (Å²) in [5.74, 6) is -0.159. The summed E-state index contributed by atoms with van der Waals surface area (Å²) in [5.41, 5.74) is 6.92. The van der Waals surface area contributed by atoms with Gasteiger partial charge in [-0.3, -0.25) is 0 Å². The third-order valence-electron chi connectivity index (χ3n) is 5.36. The van der Waals surface area contributed by atoms with Gasteiger partial charge < -0.3 is 9.47 Å². The average Bonchev–Trinajstić information content (AvgIpc) is 2.89. The maximum Gasteiger partial charge on any atom is 0.123 e. The Labute approximate surface area is 148 Å². The highest BCUT2D eigenvalue weighted by atomic mass is 19.1. The molecule has 1 aliphatic heterocycles. The smallest absolute Gasteiger partial charge is 0.123 e. The second-order valence-electron chi connectivity index (χ2n) is 7.32. The highest BCUT2D eigenvalue weighted by Gasteiger charge is 2.22. The zero-order chi connectivity index (χ0) is 17.4. The number of halogens is 1. The fraction of sp³-hybridized carbons (Fsp3) is 0.364. The minimum atomic E-state index is -0.159. The number of rotatable bonds is 4. The van der Waals surface area contributed by atoms with Crippen molar-refractivity contribution in [2.45, 2.75) is 39.3 Å². The van der Waals surface area contributed by atoms with E-state index in [1.807, 2.05) is 12.1 Å². The molecule has 0 radical (unpaired) electrons. The van der Waals surface area contributed by atoms with Crippen molar-refractivity contribution >= 4 is 10.9 Å². The molecule has 3 heteroatoms. The molecule has 0 amide bonds. The third-order valence-corrected chi connectivity index (χ3v) is 5.36. The van der Waals surface area contributed by atoms with Crippen molar-refractivity contribution in [3.05, 3.63) is 70.7 Å². The van der Waals surface area contributed by atoms with Crippen molar-refractivity contribution in [1.29, 1.82) is 0 Å². The number of fused-ring (bicyclic) bond motifs is 3. The summed E-state index contributed by atoms with van der Waals surface area (Å²) in [6.07, 6.45) is 3.18. The first-order valence-electron chi connectivity index (χ1n) is 9.15. The van der Waals surface area contributed by atoms with Crippen molar-refractivity contribution < 1.29 is 4.39 Å². The quantitative estimate of drug-likeness (QED) is 0.670. The molecule has 130 valence electrons. The predicted molar refractivity (Wildman–Crippen MR) is 101 cm³/mol. The molecule has 2 aromatic carbocycles. The predicted octanol–water partition coefficient (Wildman–Crippen LogP) is 4.71. The normalized spacial score (nSPS) is 14.8. The van der Waals surface area contributed by atoms with Crippen LogP contribution in [0.5, 0.6) is 0 Å². The Morgan fingerprint density at radius 1 is 1.08 bits per heavy atom. The lowest BCUT2D eigenvalue weighted by Gasteiger charge is -2.24. The van der Waals surface area contributed by atoms with Crippen molar-refractivity contribution in [3.8, 4) is 0 Å². The highest BCUT2D eigenvalue weighted by Crippen LogP contribution is 2.31. The van der Waals surface area contributed by atoms with Gasteiger partial charge in [0.15, 0.2) is 0 Å². The van der Waals surface area contributed by atoms with E-state index in [0.29, 0.717) is 0 Å². The molecule has 0 N–H and O–H groups in total. The van der Waals surface area contributed by atoms with Gasteiger partial charge in [0.05, 0.1) is 0 Å². The summed E-state index contributed by atoms with van der Waals surface area (Å²) < 4.78 is 15.6. The zero-order valence-electron chi connectivity index (χ0n) is 15.1. The molecular weight excluding hydrogens is 311 g/mol. The molecule has 0 aliphatic carbocycles. The van der Waals surface area contributed by atoms with E-state index in [-0.39, 0.29) is 5.82 Å². The molecule has 0 saturated carbocycles. The lowest BCUT2D eigenvalue weighted by molar-refractivity contribution is 0.309. The maximum atomic E-state index is 13.1. The molecule has 0 saturated heterocycles. The van der Waals surface area contributed by atoms with Gasteiger partial charge in [0.2, 0.25) is 0 Å². The molecule has 0 fully saturated rings. The third kappa shape index (κ3) is 3.21. The van der Waals surface area contributed by atoms with E-state index in [9.17, 15) is 4.39 Å². The number of aryl methyl sites for hydroxylation is 3. The van der Waals surface area contributed by atoms with Crippen LogP contribution < -0.4 is 0 Å². The van der Waals surface area contributed by atoms with E-state index >= 15 is 0 Å². The van der Waals surface area contributed by atoms with E-state index in [4.69, 9.17) is 0 Å². The molecule has 2 nitrogen and oxygen atoms in total. The first-order valence-corrected chi connectivity index (χ1v) is 9.15. The molecule has 0 bridgehead atoms. The highest BCUT2D eigenvalue weighted by molar-refractivity contribution is 5.86. The molecule has 0 atom stereocenters. The fourth-order valence-electron chi connectivity index (χ4n) is 4.05. The van der Waals surface area contributed by atoms with E-state index in [0.717, 1.165) is 38.9 Å². The number of hydrogen-bond donors (Lipinski definition) is 0. The lowest BCUT2D eigenvalue weighted by Crippen LogP contribution is -2.27. The first-order chi connectivity index (χ1) is 12.1. The van der Waals surface area contributed by atoms with Gasteiger partial charge >= 0.3 is 0 Å². The summed E-state index contributed by atoms with van der Waals surface area (Å²) in [6, 6.07) is 13.7. The molecular formula is C22H25FN2. The summed E-state index contributed by atoms with van der Waals surface area (Å²) in [4.78, 5) is 2.41. The van der Waals surface area contributed by atoms with Crippen molar-refractivity contribution in [1.82, 2.24) is 9.47 Å². The monoisotopic (exact) mass is 336 g/mol. The van der Waals surface area contributed by atoms with Crippen molar-refractivity contribution in [2.24, 2.45) is 0 Å². The van der Waals surface area contributed by atoms with Crippen LogP contribution in [0.3, 0.4) is 0 Å². The van der Waals surface area contributed by atoms with Crippen LogP contribution >= 0.6 is 0 Å². The number of aromatic nitrogens is 1. The summed E-state index contributed by atoms with van der Waals surface area (Å²) >= 11 is 0. The van der Waals surface area contributed by atoms with Crippen LogP contribution in [-0.4, -0.2) is 23.1 Å². The van der Waals surface area contributed by atoms with Crippen LogP contribution in [0.1, 0.15) is 28.8 Å². The molecule has 3 aromatic rings. The lowest BCUT2D eigenvalue weighted by atomic mass is 10.0. The number of benzene rings is 2. The number of hydrogen-bond acceptors (Lipinski definition) is 1. The van der Waals surface area contributed by atoms with Crippen LogP contribution in [-0.2, 0) is 25.9 Å². The molecule has 25 heavy (non-hydrogen) atoms. The van der Waals surface area contributed by atoms with Crippen LogP contribution in [0.25, 0.3) is 10.9 Å². The van der Waals surface area contributed by atoms with Gasteiger partial charge in [0.25, 0.3) is 0 Å². The van der Waals surface area contributed by atoms with E-state index < -0.39 is 0 Å². The van der Waals surface area contributed by atoms with E-state index in [1.54, 1.807) is 12.1 Å². The van der Waals surface area contributed by atoms with Crippen LogP contribution in [0, 0.1) is 12.7 Å². The standard InChI is InChI=1S/C22H25FN2/c1-16-5-10-21-19(14-16)20-15-24(2)13-11-22(20)25(21)12-3-4-17-6-8-18(23)9-7-17/h5-10,14H,3-4,11-13,15H2,1-2H3. The molecule has 4 rings (SSSR count). The Kier molecular flexibility index (Phi) is 4.34. The second-order valence-corrected chi connectivity index (χ2v) is 7.32. The van der Waals surface area contributed by atoms with Crippen molar-refractivity contribution in [2.75, 3.05) is 13.6 Å². The average molecular weight is 336 g/mol. The summed E-state index contributed by atoms with van der Waals surface area (Å²) in [6.45, 7) is 5.36. The maximum absolute atomic E-state index is 13.1. The molecule has 1 aliphatic rings.